The van der Waals surface area contributed by atoms with Crippen molar-refractivity contribution in [3.8, 4) is 0 Å². The molecule has 0 saturated heterocycles. The second kappa shape index (κ2) is 7.87. The van der Waals surface area contributed by atoms with Crippen LogP contribution in [0.25, 0.3) is 0 Å². The van der Waals surface area contributed by atoms with E-state index in [2.05, 4.69) is 10.9 Å². The highest BCUT2D eigenvalue weighted by Gasteiger charge is 2.16. The summed E-state index contributed by atoms with van der Waals surface area (Å²) in [4.78, 5) is 22.5. The van der Waals surface area contributed by atoms with E-state index in [1.54, 1.807) is 6.08 Å². The van der Waals surface area contributed by atoms with Crippen LogP contribution in [0.15, 0.2) is 12.2 Å². The van der Waals surface area contributed by atoms with Crippen molar-refractivity contribution in [2.75, 3.05) is 0 Å². The molecule has 1 atom stereocenters. The van der Waals surface area contributed by atoms with Crippen molar-refractivity contribution in [3.05, 3.63) is 12.2 Å². The van der Waals surface area contributed by atoms with Gasteiger partial charge in [0, 0.05) is 6.08 Å². The molecule has 0 aliphatic carbocycles. The van der Waals surface area contributed by atoms with Crippen LogP contribution in [0.5, 0.6) is 0 Å². The van der Waals surface area contributed by atoms with Crippen LogP contribution in [-0.2, 0) is 9.59 Å². The van der Waals surface area contributed by atoms with Gasteiger partial charge in [0.25, 0.3) is 11.8 Å². The maximum atomic E-state index is 11.3. The fourth-order valence-corrected chi connectivity index (χ4v) is 0.908. The molecular weight excluding hydrogens is 206 g/mol. The Morgan fingerprint density at radius 2 is 1.94 bits per heavy atom. The summed E-state index contributed by atoms with van der Waals surface area (Å²) in [7, 11) is 0. The van der Waals surface area contributed by atoms with Gasteiger partial charge >= 0.3 is 0 Å². The summed E-state index contributed by atoms with van der Waals surface area (Å²) in [5, 5.41) is 0. The molecule has 92 valence electrons. The molecule has 16 heavy (non-hydrogen) atoms. The Bertz CT molecular complexity index is 262. The molecule has 0 aromatic rings. The minimum absolute atomic E-state index is 0.0348. The standard InChI is InChI=1S/C11H21N3O2/c1-4-5-6-7-9(15)13-14-11(16)10(12)8(2)3/h6-8,10H,4-5,12H2,1-3H3,(H,13,15)(H,14,16)/t10-/m0/s1. The van der Waals surface area contributed by atoms with Gasteiger partial charge in [-0.05, 0) is 12.3 Å². The summed E-state index contributed by atoms with van der Waals surface area (Å²) < 4.78 is 0. The van der Waals surface area contributed by atoms with E-state index >= 15 is 0 Å². The van der Waals surface area contributed by atoms with Crippen molar-refractivity contribution >= 4 is 11.8 Å². The molecule has 0 fully saturated rings. The van der Waals surface area contributed by atoms with Gasteiger partial charge in [-0.25, -0.2) is 0 Å². The van der Waals surface area contributed by atoms with Crippen LogP contribution in [0.4, 0.5) is 0 Å². The lowest BCUT2D eigenvalue weighted by Crippen LogP contribution is -2.50. The van der Waals surface area contributed by atoms with Gasteiger partial charge < -0.3 is 5.73 Å². The van der Waals surface area contributed by atoms with Crippen LogP contribution in [-0.4, -0.2) is 17.9 Å². The molecule has 0 spiro atoms. The molecule has 0 aromatic heterocycles. The summed E-state index contributed by atoms with van der Waals surface area (Å²) in [5.74, 6) is -0.697. The minimum atomic E-state index is -0.611. The second-order valence-corrected chi connectivity index (χ2v) is 3.94. The Balaban J connectivity index is 3.88. The zero-order valence-corrected chi connectivity index (χ0v) is 10.1. The molecule has 5 heteroatoms. The van der Waals surface area contributed by atoms with E-state index in [-0.39, 0.29) is 17.7 Å². The lowest BCUT2D eigenvalue weighted by Gasteiger charge is -2.14. The van der Waals surface area contributed by atoms with Gasteiger partial charge in [-0.2, -0.15) is 0 Å². The number of allylic oxidation sites excluding steroid dienone is 1. The van der Waals surface area contributed by atoms with Crippen molar-refractivity contribution in [3.63, 3.8) is 0 Å². The third-order valence-electron chi connectivity index (χ3n) is 2.05. The van der Waals surface area contributed by atoms with Crippen molar-refractivity contribution < 1.29 is 9.59 Å². The number of nitrogens with one attached hydrogen (secondary N) is 2. The molecule has 2 amide bonds. The fourth-order valence-electron chi connectivity index (χ4n) is 0.908. The SMILES string of the molecule is CCCC=CC(=O)NNC(=O)[C@@H](N)C(C)C. The van der Waals surface area contributed by atoms with Gasteiger partial charge in [0.15, 0.2) is 0 Å². The van der Waals surface area contributed by atoms with E-state index in [9.17, 15) is 9.59 Å². The van der Waals surface area contributed by atoms with E-state index in [1.807, 2.05) is 20.8 Å². The molecule has 0 rings (SSSR count). The van der Waals surface area contributed by atoms with Crippen molar-refractivity contribution in [1.29, 1.82) is 0 Å². The van der Waals surface area contributed by atoms with Crippen molar-refractivity contribution in [2.24, 2.45) is 11.7 Å². The Morgan fingerprint density at radius 1 is 1.31 bits per heavy atom. The molecule has 0 unspecified atom stereocenters. The number of amides is 2. The van der Waals surface area contributed by atoms with Crippen LogP contribution in [0.3, 0.4) is 0 Å². The Morgan fingerprint density at radius 3 is 2.44 bits per heavy atom. The number of carbonyl (C=O) groups is 2. The fraction of sp³-hybridized carbons (Fsp3) is 0.636. The predicted molar refractivity (Wildman–Crippen MR) is 63.1 cm³/mol. The van der Waals surface area contributed by atoms with Crippen LogP contribution < -0.4 is 16.6 Å². The zero-order valence-electron chi connectivity index (χ0n) is 10.1. The van der Waals surface area contributed by atoms with Gasteiger partial charge in [0.05, 0.1) is 6.04 Å². The Hall–Kier alpha value is -1.36. The largest absolute Gasteiger partial charge is 0.320 e. The van der Waals surface area contributed by atoms with Crippen LogP contribution in [0, 0.1) is 5.92 Å². The second-order valence-electron chi connectivity index (χ2n) is 3.94. The van der Waals surface area contributed by atoms with Crippen LogP contribution in [0.1, 0.15) is 33.6 Å². The van der Waals surface area contributed by atoms with Gasteiger partial charge in [0.2, 0.25) is 0 Å². The summed E-state index contributed by atoms with van der Waals surface area (Å²) in [5.41, 5.74) is 10.1. The number of rotatable bonds is 5. The zero-order chi connectivity index (χ0) is 12.6. The van der Waals surface area contributed by atoms with E-state index in [0.29, 0.717) is 0 Å². The molecule has 0 saturated carbocycles. The first kappa shape index (κ1) is 14.6. The van der Waals surface area contributed by atoms with E-state index in [0.717, 1.165) is 12.8 Å². The molecule has 0 heterocycles. The normalized spacial score (nSPS) is 12.8. The molecule has 0 radical (unpaired) electrons. The first-order chi connectivity index (χ1) is 7.49. The van der Waals surface area contributed by atoms with Crippen LogP contribution >= 0.6 is 0 Å². The smallest absolute Gasteiger partial charge is 0.262 e. The highest BCUT2D eigenvalue weighted by atomic mass is 16.2. The topological polar surface area (TPSA) is 84.2 Å². The summed E-state index contributed by atoms with van der Waals surface area (Å²) in [6.07, 6.45) is 4.97. The minimum Gasteiger partial charge on any atom is -0.320 e. The molecular formula is C11H21N3O2. The highest BCUT2D eigenvalue weighted by Crippen LogP contribution is 1.96. The predicted octanol–water partition coefficient (Wildman–Crippen LogP) is 0.473. The number of carbonyl (C=O) groups excluding carboxylic acids is 2. The number of hydrogen-bond donors (Lipinski definition) is 3. The quantitative estimate of drug-likeness (QED) is 0.471. The summed E-state index contributed by atoms with van der Waals surface area (Å²) in [6, 6.07) is -0.611. The lowest BCUT2D eigenvalue weighted by molar-refractivity contribution is -0.128. The Kier molecular flexibility index (Phi) is 7.20. The van der Waals surface area contributed by atoms with Crippen LogP contribution in [0.2, 0.25) is 0 Å². The first-order valence-corrected chi connectivity index (χ1v) is 5.51. The molecule has 0 aliphatic rings. The average Bonchev–Trinajstić information content (AvgIpc) is 2.25. The molecule has 4 N–H and O–H groups in total. The van der Waals surface area contributed by atoms with E-state index in [4.69, 9.17) is 5.73 Å². The third kappa shape index (κ3) is 6.19. The van der Waals surface area contributed by atoms with Gasteiger partial charge in [-0.15, -0.1) is 0 Å². The highest BCUT2D eigenvalue weighted by molar-refractivity contribution is 5.90. The number of hydrazine groups is 1. The summed E-state index contributed by atoms with van der Waals surface area (Å²) >= 11 is 0. The van der Waals surface area contributed by atoms with Crippen molar-refractivity contribution in [2.45, 2.75) is 39.7 Å². The monoisotopic (exact) mass is 227 g/mol. The maximum absolute atomic E-state index is 11.3. The van der Waals surface area contributed by atoms with Gasteiger partial charge in [0.1, 0.15) is 0 Å². The number of unbranched alkanes of at least 4 members (excludes halogenated alkanes) is 1. The number of nitrogens with two attached hydrogens (primary N) is 1. The lowest BCUT2D eigenvalue weighted by atomic mass is 10.1. The first-order valence-electron chi connectivity index (χ1n) is 5.51. The van der Waals surface area contributed by atoms with Gasteiger partial charge in [-0.1, -0.05) is 33.3 Å². The molecule has 0 aliphatic heterocycles. The maximum Gasteiger partial charge on any atom is 0.262 e. The molecule has 0 bridgehead atoms. The Labute approximate surface area is 96.4 Å². The molecule has 5 nitrogen and oxygen atoms in total. The number of hydrogen-bond acceptors (Lipinski definition) is 3. The van der Waals surface area contributed by atoms with E-state index in [1.165, 1.54) is 6.08 Å². The van der Waals surface area contributed by atoms with Crippen molar-refractivity contribution in [1.82, 2.24) is 10.9 Å². The summed E-state index contributed by atoms with van der Waals surface area (Å²) in [6.45, 7) is 5.70. The molecule has 0 aromatic carbocycles. The third-order valence-corrected chi connectivity index (χ3v) is 2.05. The average molecular weight is 227 g/mol. The van der Waals surface area contributed by atoms with Gasteiger partial charge in [-0.3, -0.25) is 20.4 Å². The van der Waals surface area contributed by atoms with E-state index < -0.39 is 6.04 Å².